The van der Waals surface area contributed by atoms with Crippen LogP contribution in [0.1, 0.15) is 49.9 Å². The molecule has 1 N–H and O–H groups in total. The van der Waals surface area contributed by atoms with Crippen molar-refractivity contribution in [3.63, 3.8) is 0 Å². The highest BCUT2D eigenvalue weighted by molar-refractivity contribution is 7.80. The second-order valence-corrected chi connectivity index (χ2v) is 6.09. The molecule has 0 aliphatic rings. The van der Waals surface area contributed by atoms with Gasteiger partial charge in [0.15, 0.2) is 5.11 Å². The SMILES string of the molecule is CCCCN(CCCC)C(=S)NC(=O)c1cc([N+](=O)[O-])cc([N+](=O)[O-])c1. The number of carbonyl (C=O) groups is 1. The normalized spacial score (nSPS) is 10.2. The van der Waals surface area contributed by atoms with Crippen molar-refractivity contribution in [2.75, 3.05) is 13.1 Å². The molecule has 10 heteroatoms. The van der Waals surface area contributed by atoms with Gasteiger partial charge in [-0.3, -0.25) is 30.3 Å². The molecule has 0 atom stereocenters. The van der Waals surface area contributed by atoms with Crippen LogP contribution in [0.4, 0.5) is 11.4 Å². The van der Waals surface area contributed by atoms with Gasteiger partial charge in [0.1, 0.15) is 0 Å². The third kappa shape index (κ3) is 6.36. The fourth-order valence-corrected chi connectivity index (χ4v) is 2.47. The molecule has 0 radical (unpaired) electrons. The lowest BCUT2D eigenvalue weighted by molar-refractivity contribution is -0.394. The lowest BCUT2D eigenvalue weighted by atomic mass is 10.1. The topological polar surface area (TPSA) is 119 Å². The first-order valence-corrected chi connectivity index (χ1v) is 8.75. The number of nitrogens with one attached hydrogen (secondary N) is 1. The van der Waals surface area contributed by atoms with Gasteiger partial charge >= 0.3 is 0 Å². The van der Waals surface area contributed by atoms with Crippen LogP contribution in [0.15, 0.2) is 18.2 Å². The zero-order valence-corrected chi connectivity index (χ0v) is 15.6. The fraction of sp³-hybridized carbons (Fsp3) is 0.500. The Morgan fingerprint density at radius 2 is 1.50 bits per heavy atom. The summed E-state index contributed by atoms with van der Waals surface area (Å²) in [5.74, 6) is -0.709. The molecule has 0 bridgehead atoms. The zero-order valence-electron chi connectivity index (χ0n) is 14.8. The Labute approximate surface area is 156 Å². The van der Waals surface area contributed by atoms with Gasteiger partial charge < -0.3 is 4.90 Å². The minimum atomic E-state index is -0.781. The Kier molecular flexibility index (Phi) is 8.56. The standard InChI is InChI=1S/C16H22N4O5S/c1-3-5-7-18(8-6-4-2)16(26)17-15(21)12-9-13(19(22)23)11-14(10-12)20(24)25/h9-11H,3-8H2,1-2H3,(H,17,21,26). The molecule has 0 aliphatic heterocycles. The van der Waals surface area contributed by atoms with Gasteiger partial charge in [0, 0.05) is 25.2 Å². The Balaban J connectivity index is 2.98. The first-order chi connectivity index (χ1) is 12.3. The maximum Gasteiger partial charge on any atom is 0.277 e. The van der Waals surface area contributed by atoms with Gasteiger partial charge in [0.25, 0.3) is 17.3 Å². The molecule has 0 spiro atoms. The van der Waals surface area contributed by atoms with Gasteiger partial charge in [-0.15, -0.1) is 0 Å². The highest BCUT2D eigenvalue weighted by atomic mass is 32.1. The third-order valence-electron chi connectivity index (χ3n) is 3.66. The number of unbranched alkanes of at least 4 members (excludes halogenated alkanes) is 2. The van der Waals surface area contributed by atoms with Crippen LogP contribution in [0.25, 0.3) is 0 Å². The van der Waals surface area contributed by atoms with E-state index in [1.54, 1.807) is 0 Å². The smallest absolute Gasteiger partial charge is 0.277 e. The summed E-state index contributed by atoms with van der Waals surface area (Å²) in [4.78, 5) is 34.6. The van der Waals surface area contributed by atoms with Crippen LogP contribution in [0.2, 0.25) is 0 Å². The monoisotopic (exact) mass is 382 g/mol. The van der Waals surface area contributed by atoms with E-state index in [4.69, 9.17) is 12.2 Å². The summed E-state index contributed by atoms with van der Waals surface area (Å²) in [5.41, 5.74) is -1.23. The second kappa shape index (κ2) is 10.4. The number of hydrogen-bond acceptors (Lipinski definition) is 6. The van der Waals surface area contributed by atoms with Crippen LogP contribution in [-0.2, 0) is 0 Å². The first kappa shape index (κ1) is 21.4. The summed E-state index contributed by atoms with van der Waals surface area (Å²) in [7, 11) is 0. The molecule has 0 heterocycles. The van der Waals surface area contributed by atoms with Crippen LogP contribution < -0.4 is 5.32 Å². The average Bonchev–Trinajstić information content (AvgIpc) is 2.61. The molecule has 0 saturated heterocycles. The molecule has 1 amide bonds. The summed E-state index contributed by atoms with van der Waals surface area (Å²) < 4.78 is 0. The van der Waals surface area contributed by atoms with Gasteiger partial charge in [0.05, 0.1) is 21.5 Å². The van der Waals surface area contributed by atoms with Crippen molar-refractivity contribution < 1.29 is 14.6 Å². The van der Waals surface area contributed by atoms with E-state index in [0.29, 0.717) is 13.1 Å². The number of rotatable bonds is 9. The highest BCUT2D eigenvalue weighted by Gasteiger charge is 2.21. The summed E-state index contributed by atoms with van der Waals surface area (Å²) in [6.07, 6.45) is 3.75. The number of hydrogen-bond donors (Lipinski definition) is 1. The van der Waals surface area contributed by atoms with Crippen LogP contribution in [-0.4, -0.2) is 38.9 Å². The van der Waals surface area contributed by atoms with E-state index in [1.165, 1.54) is 0 Å². The quantitative estimate of drug-likeness (QED) is 0.395. The van der Waals surface area contributed by atoms with Crippen molar-refractivity contribution in [1.82, 2.24) is 10.2 Å². The number of non-ortho nitro benzene ring substituents is 2. The Hall–Kier alpha value is -2.62. The lowest BCUT2D eigenvalue weighted by Crippen LogP contribution is -2.43. The van der Waals surface area contributed by atoms with Crippen molar-refractivity contribution in [2.24, 2.45) is 0 Å². The van der Waals surface area contributed by atoms with Crippen molar-refractivity contribution in [3.05, 3.63) is 44.0 Å². The van der Waals surface area contributed by atoms with E-state index < -0.39 is 27.1 Å². The number of nitrogens with zero attached hydrogens (tertiary/aromatic N) is 3. The lowest BCUT2D eigenvalue weighted by Gasteiger charge is -2.25. The molecule has 0 aliphatic carbocycles. The average molecular weight is 382 g/mol. The molecule has 26 heavy (non-hydrogen) atoms. The maximum absolute atomic E-state index is 12.4. The maximum atomic E-state index is 12.4. The van der Waals surface area contributed by atoms with E-state index in [0.717, 1.165) is 43.9 Å². The molecule has 0 aromatic heterocycles. The zero-order chi connectivity index (χ0) is 19.7. The van der Waals surface area contributed by atoms with Gasteiger partial charge in [-0.25, -0.2) is 0 Å². The van der Waals surface area contributed by atoms with Crippen LogP contribution in [0, 0.1) is 20.2 Å². The van der Waals surface area contributed by atoms with E-state index in [1.807, 2.05) is 18.7 Å². The van der Waals surface area contributed by atoms with Crippen LogP contribution >= 0.6 is 12.2 Å². The van der Waals surface area contributed by atoms with Crippen molar-refractivity contribution in [3.8, 4) is 0 Å². The Bertz CT molecular complexity index is 655. The fourth-order valence-electron chi connectivity index (χ4n) is 2.20. The van der Waals surface area contributed by atoms with Gasteiger partial charge in [0.2, 0.25) is 0 Å². The minimum Gasteiger partial charge on any atom is -0.349 e. The Morgan fingerprint density at radius 1 is 1.04 bits per heavy atom. The van der Waals surface area contributed by atoms with E-state index in [-0.39, 0.29) is 10.7 Å². The predicted molar refractivity (Wildman–Crippen MR) is 101 cm³/mol. The number of nitro groups is 2. The molecule has 0 unspecified atom stereocenters. The van der Waals surface area contributed by atoms with Crippen molar-refractivity contribution >= 4 is 34.6 Å². The van der Waals surface area contributed by atoms with E-state index in [2.05, 4.69) is 5.32 Å². The molecule has 1 aromatic carbocycles. The number of thiocarbonyl (C=S) groups is 1. The number of amides is 1. The Morgan fingerprint density at radius 3 is 1.88 bits per heavy atom. The summed E-state index contributed by atoms with van der Waals surface area (Å²) in [6.45, 7) is 5.46. The summed E-state index contributed by atoms with van der Waals surface area (Å²) in [5, 5.41) is 24.6. The van der Waals surface area contributed by atoms with Crippen LogP contribution in [0.3, 0.4) is 0 Å². The molecule has 0 saturated carbocycles. The largest absolute Gasteiger partial charge is 0.349 e. The van der Waals surface area contributed by atoms with Crippen LogP contribution in [0.5, 0.6) is 0 Å². The third-order valence-corrected chi connectivity index (χ3v) is 4.02. The molecular weight excluding hydrogens is 360 g/mol. The van der Waals surface area contributed by atoms with Crippen molar-refractivity contribution in [1.29, 1.82) is 0 Å². The number of carbonyl (C=O) groups excluding carboxylic acids is 1. The van der Waals surface area contributed by atoms with Gasteiger partial charge in [-0.05, 0) is 25.1 Å². The van der Waals surface area contributed by atoms with Gasteiger partial charge in [-0.1, -0.05) is 26.7 Å². The molecule has 142 valence electrons. The predicted octanol–water partition coefficient (Wildman–Crippen LogP) is 3.42. The molecule has 0 fully saturated rings. The van der Waals surface area contributed by atoms with E-state index in [9.17, 15) is 25.0 Å². The van der Waals surface area contributed by atoms with Gasteiger partial charge in [-0.2, -0.15) is 0 Å². The molecular formula is C16H22N4O5S. The molecule has 9 nitrogen and oxygen atoms in total. The van der Waals surface area contributed by atoms with E-state index >= 15 is 0 Å². The molecule has 1 rings (SSSR count). The molecule has 1 aromatic rings. The van der Waals surface area contributed by atoms with Crippen molar-refractivity contribution in [2.45, 2.75) is 39.5 Å². The highest BCUT2D eigenvalue weighted by Crippen LogP contribution is 2.22. The summed E-state index contributed by atoms with van der Waals surface area (Å²) >= 11 is 5.27. The summed E-state index contributed by atoms with van der Waals surface area (Å²) in [6, 6.07) is 2.80. The second-order valence-electron chi connectivity index (χ2n) is 5.71. The minimum absolute atomic E-state index is 0.181. The number of nitro benzene ring substituents is 2. The first-order valence-electron chi connectivity index (χ1n) is 8.34. The number of benzene rings is 1.